The van der Waals surface area contributed by atoms with E-state index in [0.29, 0.717) is 24.4 Å². The van der Waals surface area contributed by atoms with Crippen LogP contribution in [0.5, 0.6) is 0 Å². The van der Waals surface area contributed by atoms with E-state index in [1.807, 2.05) is 20.8 Å². The molecule has 3 nitrogen and oxygen atoms in total. The molecule has 3 heteroatoms. The molecule has 0 amide bonds. The third-order valence-electron chi connectivity index (χ3n) is 3.71. The second-order valence-corrected chi connectivity index (χ2v) is 6.56. The summed E-state index contributed by atoms with van der Waals surface area (Å²) in [6.07, 6.45) is 5.33. The van der Waals surface area contributed by atoms with Crippen LogP contribution in [0.25, 0.3) is 0 Å². The van der Waals surface area contributed by atoms with E-state index >= 15 is 0 Å². The van der Waals surface area contributed by atoms with E-state index in [2.05, 4.69) is 6.92 Å². The fraction of sp³-hybridized carbons (Fsp3) is 0.933. The van der Waals surface area contributed by atoms with Crippen LogP contribution in [0.4, 0.5) is 0 Å². The number of carbonyl (C=O) groups is 1. The molecule has 106 valence electrons. The molecule has 1 unspecified atom stereocenters. The van der Waals surface area contributed by atoms with E-state index in [0.717, 1.165) is 12.8 Å². The van der Waals surface area contributed by atoms with Crippen molar-refractivity contribution in [2.75, 3.05) is 7.11 Å². The standard InChI is InChI=1S/C15H28O3/c1-11-6-7-12(10-13(11)17-5)8-9-14(16)18-15(2,3)4/h11-13H,6-10H2,1-5H3/t11-,12?,13+/m0/s1. The summed E-state index contributed by atoms with van der Waals surface area (Å²) >= 11 is 0. The molecule has 0 aromatic carbocycles. The van der Waals surface area contributed by atoms with Crippen molar-refractivity contribution in [2.45, 2.75) is 71.5 Å². The highest BCUT2D eigenvalue weighted by Crippen LogP contribution is 2.33. The molecule has 1 saturated carbocycles. The summed E-state index contributed by atoms with van der Waals surface area (Å²) in [5.74, 6) is 1.18. The molecular weight excluding hydrogens is 228 g/mol. The Morgan fingerprint density at radius 1 is 1.28 bits per heavy atom. The van der Waals surface area contributed by atoms with Gasteiger partial charge in [0, 0.05) is 13.5 Å². The minimum absolute atomic E-state index is 0.0740. The first-order valence-electron chi connectivity index (χ1n) is 7.06. The fourth-order valence-corrected chi connectivity index (χ4v) is 2.67. The lowest BCUT2D eigenvalue weighted by Gasteiger charge is -2.33. The first-order valence-corrected chi connectivity index (χ1v) is 7.06. The highest BCUT2D eigenvalue weighted by molar-refractivity contribution is 5.69. The molecule has 0 aromatic rings. The molecule has 18 heavy (non-hydrogen) atoms. The van der Waals surface area contributed by atoms with Crippen molar-refractivity contribution in [3.05, 3.63) is 0 Å². The maximum absolute atomic E-state index is 11.7. The van der Waals surface area contributed by atoms with Gasteiger partial charge < -0.3 is 9.47 Å². The molecule has 1 aliphatic carbocycles. The molecule has 0 heterocycles. The van der Waals surface area contributed by atoms with E-state index in [-0.39, 0.29) is 11.6 Å². The number of ether oxygens (including phenoxy) is 2. The Balaban J connectivity index is 2.29. The second kappa shape index (κ2) is 6.55. The molecule has 0 aliphatic heterocycles. The van der Waals surface area contributed by atoms with Gasteiger partial charge in [-0.2, -0.15) is 0 Å². The van der Waals surface area contributed by atoms with Crippen LogP contribution >= 0.6 is 0 Å². The van der Waals surface area contributed by atoms with Crippen LogP contribution < -0.4 is 0 Å². The van der Waals surface area contributed by atoms with Gasteiger partial charge in [0.2, 0.25) is 0 Å². The molecule has 0 radical (unpaired) electrons. The van der Waals surface area contributed by atoms with Crippen molar-refractivity contribution in [2.24, 2.45) is 11.8 Å². The Kier molecular flexibility index (Phi) is 5.64. The monoisotopic (exact) mass is 256 g/mol. The van der Waals surface area contributed by atoms with E-state index in [1.54, 1.807) is 7.11 Å². The maximum atomic E-state index is 11.7. The number of methoxy groups -OCH3 is 1. The summed E-state index contributed by atoms with van der Waals surface area (Å²) in [4.78, 5) is 11.7. The van der Waals surface area contributed by atoms with Crippen LogP contribution in [0.15, 0.2) is 0 Å². The third-order valence-corrected chi connectivity index (χ3v) is 3.71. The van der Waals surface area contributed by atoms with Gasteiger partial charge in [0.05, 0.1) is 6.10 Å². The van der Waals surface area contributed by atoms with Crippen LogP contribution in [0, 0.1) is 11.8 Å². The van der Waals surface area contributed by atoms with Gasteiger partial charge in [-0.25, -0.2) is 0 Å². The predicted molar refractivity (Wildman–Crippen MR) is 72.4 cm³/mol. The van der Waals surface area contributed by atoms with Crippen molar-refractivity contribution >= 4 is 5.97 Å². The molecule has 0 spiro atoms. The van der Waals surface area contributed by atoms with Gasteiger partial charge in [-0.05, 0) is 58.3 Å². The van der Waals surface area contributed by atoms with Gasteiger partial charge in [0.1, 0.15) is 5.60 Å². The first kappa shape index (κ1) is 15.5. The Morgan fingerprint density at radius 3 is 2.50 bits per heavy atom. The zero-order valence-electron chi connectivity index (χ0n) is 12.5. The number of esters is 1. The summed E-state index contributed by atoms with van der Waals surface area (Å²) in [6.45, 7) is 7.98. The van der Waals surface area contributed by atoms with Crippen molar-refractivity contribution in [3.8, 4) is 0 Å². The van der Waals surface area contributed by atoms with E-state index < -0.39 is 0 Å². The van der Waals surface area contributed by atoms with Crippen LogP contribution in [0.3, 0.4) is 0 Å². The predicted octanol–water partition coefficient (Wildman–Crippen LogP) is 3.56. The smallest absolute Gasteiger partial charge is 0.306 e. The molecular formula is C15H28O3. The van der Waals surface area contributed by atoms with E-state index in [1.165, 1.54) is 12.8 Å². The lowest BCUT2D eigenvalue weighted by molar-refractivity contribution is -0.155. The summed E-state index contributed by atoms with van der Waals surface area (Å²) < 4.78 is 10.8. The largest absolute Gasteiger partial charge is 0.460 e. The number of rotatable bonds is 4. The Bertz CT molecular complexity index is 267. The van der Waals surface area contributed by atoms with Gasteiger partial charge in [-0.1, -0.05) is 6.92 Å². The zero-order valence-corrected chi connectivity index (χ0v) is 12.5. The Hall–Kier alpha value is -0.570. The number of carbonyl (C=O) groups excluding carboxylic acids is 1. The van der Waals surface area contributed by atoms with E-state index in [9.17, 15) is 4.79 Å². The first-order chi connectivity index (χ1) is 8.31. The van der Waals surface area contributed by atoms with Gasteiger partial charge in [0.25, 0.3) is 0 Å². The minimum atomic E-state index is -0.368. The summed E-state index contributed by atoms with van der Waals surface area (Å²) in [6, 6.07) is 0. The highest BCUT2D eigenvalue weighted by Gasteiger charge is 2.28. The van der Waals surface area contributed by atoms with Crippen molar-refractivity contribution in [1.82, 2.24) is 0 Å². The fourth-order valence-electron chi connectivity index (χ4n) is 2.67. The molecule has 0 saturated heterocycles. The average molecular weight is 256 g/mol. The minimum Gasteiger partial charge on any atom is -0.460 e. The second-order valence-electron chi connectivity index (χ2n) is 6.56. The molecule has 3 atom stereocenters. The molecule has 0 bridgehead atoms. The van der Waals surface area contributed by atoms with Crippen molar-refractivity contribution < 1.29 is 14.3 Å². The lowest BCUT2D eigenvalue weighted by Crippen LogP contribution is -2.30. The topological polar surface area (TPSA) is 35.5 Å². The SMILES string of the molecule is CO[C@@H]1CC(CCC(=O)OC(C)(C)C)CC[C@@H]1C. The zero-order chi connectivity index (χ0) is 13.8. The van der Waals surface area contributed by atoms with Crippen LogP contribution in [-0.4, -0.2) is 24.8 Å². The molecule has 1 fully saturated rings. The average Bonchev–Trinajstić information content (AvgIpc) is 2.25. The van der Waals surface area contributed by atoms with Gasteiger partial charge in [0.15, 0.2) is 0 Å². The van der Waals surface area contributed by atoms with Crippen molar-refractivity contribution in [3.63, 3.8) is 0 Å². The number of hydrogen-bond donors (Lipinski definition) is 0. The van der Waals surface area contributed by atoms with Crippen LogP contribution in [0.2, 0.25) is 0 Å². The Labute approximate surface area is 111 Å². The lowest BCUT2D eigenvalue weighted by atomic mass is 9.79. The molecule has 1 aliphatic rings. The third kappa shape index (κ3) is 5.38. The highest BCUT2D eigenvalue weighted by atomic mass is 16.6. The van der Waals surface area contributed by atoms with Crippen molar-refractivity contribution in [1.29, 1.82) is 0 Å². The van der Waals surface area contributed by atoms with Crippen LogP contribution in [0.1, 0.15) is 59.8 Å². The Morgan fingerprint density at radius 2 is 1.94 bits per heavy atom. The summed E-state index contributed by atoms with van der Waals surface area (Å²) in [5, 5.41) is 0. The normalized spacial score (nSPS) is 29.1. The summed E-state index contributed by atoms with van der Waals surface area (Å²) in [5.41, 5.74) is -0.368. The quantitative estimate of drug-likeness (QED) is 0.721. The summed E-state index contributed by atoms with van der Waals surface area (Å²) in [7, 11) is 1.79. The van der Waals surface area contributed by atoms with E-state index in [4.69, 9.17) is 9.47 Å². The van der Waals surface area contributed by atoms with Crippen LogP contribution in [-0.2, 0) is 14.3 Å². The molecule has 0 N–H and O–H groups in total. The molecule has 1 rings (SSSR count). The van der Waals surface area contributed by atoms with Gasteiger partial charge in [-0.3, -0.25) is 4.79 Å². The number of hydrogen-bond acceptors (Lipinski definition) is 3. The van der Waals surface area contributed by atoms with Gasteiger partial charge >= 0.3 is 5.97 Å². The molecule has 0 aromatic heterocycles. The van der Waals surface area contributed by atoms with Gasteiger partial charge in [-0.15, -0.1) is 0 Å². The maximum Gasteiger partial charge on any atom is 0.306 e.